The van der Waals surface area contributed by atoms with Crippen molar-refractivity contribution in [1.29, 1.82) is 0 Å². The molecule has 0 bridgehead atoms. The van der Waals surface area contributed by atoms with Crippen LogP contribution in [0.3, 0.4) is 0 Å². The van der Waals surface area contributed by atoms with Crippen molar-refractivity contribution in [1.82, 2.24) is 10.2 Å². The number of hydrogen-bond donors (Lipinski definition) is 1. The lowest BCUT2D eigenvalue weighted by Crippen LogP contribution is -2.24. The first kappa shape index (κ1) is 19.6. The number of amides is 2. The second-order valence-electron chi connectivity index (χ2n) is 7.22. The Labute approximate surface area is 173 Å². The second-order valence-corrected chi connectivity index (χ2v) is 7.22. The summed E-state index contributed by atoms with van der Waals surface area (Å²) in [5.74, 6) is 0.655. The SMILES string of the molecule is COc1ccc(CC(=O)Nc2nnc([C@H]3CC(=O)N(c4ccccc4)C3)o2)cc1C. The molecule has 2 heterocycles. The zero-order valence-electron chi connectivity index (χ0n) is 16.8. The molecule has 8 nitrogen and oxygen atoms in total. The number of anilines is 2. The fourth-order valence-corrected chi connectivity index (χ4v) is 3.58. The Morgan fingerprint density at radius 2 is 2.03 bits per heavy atom. The molecule has 154 valence electrons. The van der Waals surface area contributed by atoms with Crippen molar-refractivity contribution in [2.45, 2.75) is 25.7 Å². The largest absolute Gasteiger partial charge is 0.496 e. The van der Waals surface area contributed by atoms with Gasteiger partial charge < -0.3 is 14.1 Å². The summed E-state index contributed by atoms with van der Waals surface area (Å²) in [6.45, 7) is 2.38. The van der Waals surface area contributed by atoms with Gasteiger partial charge >= 0.3 is 6.01 Å². The van der Waals surface area contributed by atoms with Crippen molar-refractivity contribution in [2.24, 2.45) is 0 Å². The number of carbonyl (C=O) groups is 2. The molecule has 1 aromatic heterocycles. The molecule has 1 aliphatic rings. The molecule has 0 spiro atoms. The molecule has 8 heteroatoms. The number of methoxy groups -OCH3 is 1. The van der Waals surface area contributed by atoms with E-state index < -0.39 is 0 Å². The Hall–Kier alpha value is -3.68. The van der Waals surface area contributed by atoms with E-state index in [9.17, 15) is 9.59 Å². The Balaban J connectivity index is 1.38. The van der Waals surface area contributed by atoms with Crippen LogP contribution in [0.2, 0.25) is 0 Å². The van der Waals surface area contributed by atoms with Gasteiger partial charge in [-0.3, -0.25) is 14.9 Å². The van der Waals surface area contributed by atoms with Crippen molar-refractivity contribution in [3.63, 3.8) is 0 Å². The van der Waals surface area contributed by atoms with Crippen LogP contribution in [0.25, 0.3) is 0 Å². The molecule has 3 aromatic rings. The van der Waals surface area contributed by atoms with E-state index in [1.807, 2.05) is 55.5 Å². The normalized spacial score (nSPS) is 16.0. The molecule has 2 aromatic carbocycles. The average molecular weight is 406 g/mol. The fourth-order valence-electron chi connectivity index (χ4n) is 3.58. The minimum Gasteiger partial charge on any atom is -0.496 e. The minimum atomic E-state index is -0.261. The summed E-state index contributed by atoms with van der Waals surface area (Å²) in [7, 11) is 1.61. The van der Waals surface area contributed by atoms with Crippen molar-refractivity contribution in [3.05, 3.63) is 65.5 Å². The maximum atomic E-state index is 12.4. The number of nitrogens with zero attached hydrogens (tertiary/aromatic N) is 3. The first-order valence-corrected chi connectivity index (χ1v) is 9.65. The Bertz CT molecular complexity index is 1060. The van der Waals surface area contributed by atoms with Gasteiger partial charge in [-0.1, -0.05) is 35.4 Å². The van der Waals surface area contributed by atoms with Crippen LogP contribution in [-0.4, -0.2) is 35.7 Å². The molecule has 0 radical (unpaired) electrons. The van der Waals surface area contributed by atoms with Gasteiger partial charge in [0.2, 0.25) is 17.7 Å². The molecule has 0 saturated carbocycles. The van der Waals surface area contributed by atoms with E-state index in [4.69, 9.17) is 9.15 Å². The molecule has 0 aliphatic carbocycles. The number of aryl methyl sites for hydroxylation is 1. The summed E-state index contributed by atoms with van der Waals surface area (Å²) in [6, 6.07) is 15.1. The monoisotopic (exact) mass is 406 g/mol. The lowest BCUT2D eigenvalue weighted by atomic mass is 10.1. The van der Waals surface area contributed by atoms with Gasteiger partial charge in [-0.25, -0.2) is 0 Å². The molecular formula is C22H22N4O4. The molecule has 1 aliphatic heterocycles. The number of benzene rings is 2. The average Bonchev–Trinajstić information content (AvgIpc) is 3.35. The van der Waals surface area contributed by atoms with Gasteiger partial charge in [0, 0.05) is 18.7 Å². The number of para-hydroxylation sites is 1. The van der Waals surface area contributed by atoms with Gasteiger partial charge in [-0.2, -0.15) is 0 Å². The highest BCUT2D eigenvalue weighted by Gasteiger charge is 2.35. The highest BCUT2D eigenvalue weighted by Crippen LogP contribution is 2.31. The number of hydrogen-bond acceptors (Lipinski definition) is 6. The smallest absolute Gasteiger partial charge is 0.322 e. The van der Waals surface area contributed by atoms with Crippen molar-refractivity contribution in [2.75, 3.05) is 23.9 Å². The van der Waals surface area contributed by atoms with Crippen molar-refractivity contribution in [3.8, 4) is 5.75 Å². The number of ether oxygens (including phenoxy) is 1. The lowest BCUT2D eigenvalue weighted by molar-refractivity contribution is -0.117. The number of nitrogens with one attached hydrogen (secondary N) is 1. The number of aromatic nitrogens is 2. The van der Waals surface area contributed by atoms with Gasteiger partial charge in [0.1, 0.15) is 5.75 Å². The van der Waals surface area contributed by atoms with Crippen LogP contribution >= 0.6 is 0 Å². The zero-order chi connectivity index (χ0) is 21.1. The molecule has 30 heavy (non-hydrogen) atoms. The first-order chi connectivity index (χ1) is 14.5. The summed E-state index contributed by atoms with van der Waals surface area (Å²) >= 11 is 0. The minimum absolute atomic E-state index is 0.00450. The maximum absolute atomic E-state index is 12.4. The molecule has 4 rings (SSSR count). The Morgan fingerprint density at radius 1 is 1.23 bits per heavy atom. The standard InChI is InChI=1S/C22H22N4O4/c1-14-10-15(8-9-18(14)29-2)11-19(27)23-22-25-24-21(30-22)16-12-20(28)26(13-16)17-6-4-3-5-7-17/h3-10,16H,11-13H2,1-2H3,(H,23,25,27)/t16-/m0/s1. The molecule has 1 fully saturated rings. The van der Waals surface area contributed by atoms with Crippen LogP contribution in [0.4, 0.5) is 11.7 Å². The summed E-state index contributed by atoms with van der Waals surface area (Å²) in [5, 5.41) is 10.6. The topological polar surface area (TPSA) is 97.6 Å². The van der Waals surface area contributed by atoms with Crippen LogP contribution in [0.15, 0.2) is 52.9 Å². The third-order valence-corrected chi connectivity index (χ3v) is 5.05. The highest BCUT2D eigenvalue weighted by atomic mass is 16.5. The van der Waals surface area contributed by atoms with E-state index in [-0.39, 0.29) is 36.6 Å². The first-order valence-electron chi connectivity index (χ1n) is 9.65. The van der Waals surface area contributed by atoms with Crippen LogP contribution in [-0.2, 0) is 16.0 Å². The molecular weight excluding hydrogens is 384 g/mol. The van der Waals surface area contributed by atoms with Gasteiger partial charge in [-0.05, 0) is 36.2 Å². The van der Waals surface area contributed by atoms with Crippen LogP contribution < -0.4 is 15.0 Å². The number of carbonyl (C=O) groups excluding carboxylic acids is 2. The number of rotatable bonds is 6. The molecule has 0 unspecified atom stereocenters. The van der Waals surface area contributed by atoms with Gasteiger partial charge in [0.25, 0.3) is 0 Å². The van der Waals surface area contributed by atoms with E-state index >= 15 is 0 Å². The third-order valence-electron chi connectivity index (χ3n) is 5.05. The van der Waals surface area contributed by atoms with E-state index in [0.29, 0.717) is 12.4 Å². The summed E-state index contributed by atoms with van der Waals surface area (Å²) < 4.78 is 10.8. The fraction of sp³-hybridized carbons (Fsp3) is 0.273. The molecule has 2 amide bonds. The van der Waals surface area contributed by atoms with E-state index in [1.165, 1.54) is 0 Å². The Morgan fingerprint density at radius 3 is 2.77 bits per heavy atom. The van der Waals surface area contributed by atoms with Gasteiger partial charge in [0.15, 0.2) is 0 Å². The van der Waals surface area contributed by atoms with E-state index in [2.05, 4.69) is 15.5 Å². The predicted octanol–water partition coefficient (Wildman–Crippen LogP) is 3.09. The van der Waals surface area contributed by atoms with Crippen LogP contribution in [0.1, 0.15) is 29.4 Å². The Kier molecular flexibility index (Phi) is 5.47. The third kappa shape index (κ3) is 4.17. The van der Waals surface area contributed by atoms with Crippen molar-refractivity contribution < 1.29 is 18.7 Å². The highest BCUT2D eigenvalue weighted by molar-refractivity contribution is 5.96. The summed E-state index contributed by atoms with van der Waals surface area (Å²) in [5.41, 5.74) is 2.65. The molecule has 1 saturated heterocycles. The summed E-state index contributed by atoms with van der Waals surface area (Å²) in [4.78, 5) is 26.4. The van der Waals surface area contributed by atoms with Crippen LogP contribution in [0, 0.1) is 6.92 Å². The van der Waals surface area contributed by atoms with Crippen LogP contribution in [0.5, 0.6) is 5.75 Å². The van der Waals surface area contributed by atoms with E-state index in [0.717, 1.165) is 22.6 Å². The van der Waals surface area contributed by atoms with E-state index in [1.54, 1.807) is 12.0 Å². The maximum Gasteiger partial charge on any atom is 0.322 e. The van der Waals surface area contributed by atoms with Gasteiger partial charge in [0.05, 0.1) is 19.4 Å². The lowest BCUT2D eigenvalue weighted by Gasteiger charge is -2.15. The predicted molar refractivity (Wildman–Crippen MR) is 111 cm³/mol. The molecule has 1 atom stereocenters. The zero-order valence-corrected chi connectivity index (χ0v) is 16.8. The summed E-state index contributed by atoms with van der Waals surface area (Å²) in [6.07, 6.45) is 0.460. The van der Waals surface area contributed by atoms with Gasteiger partial charge in [-0.15, -0.1) is 5.10 Å². The quantitative estimate of drug-likeness (QED) is 0.676. The second kappa shape index (κ2) is 8.36. The molecule has 1 N–H and O–H groups in total. The van der Waals surface area contributed by atoms with Crippen molar-refractivity contribution >= 4 is 23.5 Å².